The molecule has 0 aromatic heterocycles. The Balaban J connectivity index is 1.51. The molecule has 0 heterocycles. The highest BCUT2D eigenvalue weighted by atomic mass is 19.1. The van der Waals surface area contributed by atoms with Gasteiger partial charge >= 0.3 is 0 Å². The minimum absolute atomic E-state index is 0.0462. The molecule has 23 heavy (non-hydrogen) atoms. The van der Waals surface area contributed by atoms with E-state index < -0.39 is 0 Å². The maximum Gasteiger partial charge on any atom is 0.253 e. The number of carbonyl (C=O) groups is 1. The second-order valence-corrected chi connectivity index (χ2v) is 5.52. The lowest BCUT2D eigenvalue weighted by molar-refractivity contribution is 0.0952. The van der Waals surface area contributed by atoms with E-state index in [2.05, 4.69) is 10.6 Å². The predicted octanol–water partition coefficient (Wildman–Crippen LogP) is 3.21. The van der Waals surface area contributed by atoms with Gasteiger partial charge in [0.1, 0.15) is 18.2 Å². The Kier molecular flexibility index (Phi) is 4.76. The van der Waals surface area contributed by atoms with Crippen LogP contribution in [0.2, 0.25) is 0 Å². The van der Waals surface area contributed by atoms with Crippen LogP contribution < -0.4 is 15.4 Å². The highest BCUT2D eigenvalue weighted by molar-refractivity contribution is 5.99. The van der Waals surface area contributed by atoms with Gasteiger partial charge in [-0.05, 0) is 49.2 Å². The van der Waals surface area contributed by atoms with Crippen LogP contribution in [0.5, 0.6) is 5.75 Å². The van der Waals surface area contributed by atoms with E-state index in [4.69, 9.17) is 4.74 Å². The van der Waals surface area contributed by atoms with Crippen molar-refractivity contribution in [2.24, 2.45) is 0 Å². The topological polar surface area (TPSA) is 50.4 Å². The Morgan fingerprint density at radius 1 is 1.13 bits per heavy atom. The number of para-hydroxylation sites is 1. The highest BCUT2D eigenvalue weighted by Crippen LogP contribution is 2.21. The van der Waals surface area contributed by atoms with Gasteiger partial charge in [-0.25, -0.2) is 4.39 Å². The number of anilines is 1. The van der Waals surface area contributed by atoms with E-state index in [0.717, 1.165) is 18.5 Å². The molecule has 0 aliphatic heterocycles. The van der Waals surface area contributed by atoms with Gasteiger partial charge in [0, 0.05) is 18.3 Å². The lowest BCUT2D eigenvalue weighted by Crippen LogP contribution is -2.26. The lowest BCUT2D eigenvalue weighted by Gasteiger charge is -2.12. The summed E-state index contributed by atoms with van der Waals surface area (Å²) in [7, 11) is 0. The van der Waals surface area contributed by atoms with Crippen LogP contribution in [0.25, 0.3) is 0 Å². The van der Waals surface area contributed by atoms with Crippen molar-refractivity contribution in [1.29, 1.82) is 0 Å². The van der Waals surface area contributed by atoms with Crippen LogP contribution in [0, 0.1) is 5.82 Å². The molecule has 1 aliphatic carbocycles. The molecule has 1 saturated carbocycles. The molecule has 3 rings (SSSR count). The molecule has 1 fully saturated rings. The molecule has 4 nitrogen and oxygen atoms in total. The van der Waals surface area contributed by atoms with E-state index in [1.54, 1.807) is 18.2 Å². The van der Waals surface area contributed by atoms with Gasteiger partial charge in [0.2, 0.25) is 0 Å². The average Bonchev–Trinajstić information content (AvgIpc) is 3.37. The summed E-state index contributed by atoms with van der Waals surface area (Å²) in [6, 6.07) is 13.6. The number of hydrogen-bond donors (Lipinski definition) is 2. The van der Waals surface area contributed by atoms with Gasteiger partial charge in [0.25, 0.3) is 5.91 Å². The number of benzene rings is 2. The molecule has 0 bridgehead atoms. The summed E-state index contributed by atoms with van der Waals surface area (Å²) in [5, 5.41) is 6.20. The first-order chi connectivity index (χ1) is 11.2. The molecule has 0 saturated heterocycles. The van der Waals surface area contributed by atoms with Gasteiger partial charge in [-0.2, -0.15) is 0 Å². The molecule has 0 atom stereocenters. The molecule has 120 valence electrons. The van der Waals surface area contributed by atoms with Crippen molar-refractivity contribution in [1.82, 2.24) is 5.32 Å². The fraction of sp³-hybridized carbons (Fsp3) is 0.278. The SMILES string of the molecule is O=C(NC1CC1)c1ccccc1NCCOc1ccc(F)cc1. The first kappa shape index (κ1) is 15.3. The van der Waals surface area contributed by atoms with Gasteiger partial charge in [0.15, 0.2) is 0 Å². The van der Waals surface area contributed by atoms with Crippen molar-refractivity contribution in [2.75, 3.05) is 18.5 Å². The Labute approximate surface area is 134 Å². The van der Waals surface area contributed by atoms with Crippen LogP contribution in [-0.4, -0.2) is 25.1 Å². The molecule has 0 radical (unpaired) electrons. The smallest absolute Gasteiger partial charge is 0.253 e. The summed E-state index contributed by atoms with van der Waals surface area (Å²) >= 11 is 0. The van der Waals surface area contributed by atoms with Crippen molar-refractivity contribution in [3.05, 3.63) is 59.9 Å². The number of carbonyl (C=O) groups excluding carboxylic acids is 1. The van der Waals surface area contributed by atoms with Gasteiger partial charge in [-0.1, -0.05) is 12.1 Å². The molecule has 2 aromatic rings. The monoisotopic (exact) mass is 314 g/mol. The maximum atomic E-state index is 12.8. The van der Waals surface area contributed by atoms with Gasteiger partial charge in [-0.3, -0.25) is 4.79 Å². The third-order valence-corrected chi connectivity index (χ3v) is 3.58. The molecular formula is C18H19FN2O2. The number of halogens is 1. The van der Waals surface area contributed by atoms with Crippen LogP contribution in [0.3, 0.4) is 0 Å². The zero-order valence-corrected chi connectivity index (χ0v) is 12.7. The predicted molar refractivity (Wildman–Crippen MR) is 87.3 cm³/mol. The maximum absolute atomic E-state index is 12.8. The molecule has 1 aliphatic rings. The van der Waals surface area contributed by atoms with Crippen molar-refractivity contribution in [3.8, 4) is 5.75 Å². The number of nitrogens with one attached hydrogen (secondary N) is 2. The first-order valence-electron chi connectivity index (χ1n) is 7.74. The Bertz CT molecular complexity index is 669. The van der Waals surface area contributed by atoms with Crippen molar-refractivity contribution < 1.29 is 13.9 Å². The van der Waals surface area contributed by atoms with Crippen molar-refractivity contribution in [2.45, 2.75) is 18.9 Å². The number of amides is 1. The average molecular weight is 314 g/mol. The summed E-state index contributed by atoms with van der Waals surface area (Å²) in [6.07, 6.45) is 2.12. The van der Waals surface area contributed by atoms with E-state index in [9.17, 15) is 9.18 Å². The summed E-state index contributed by atoms with van der Waals surface area (Å²) in [4.78, 5) is 12.2. The molecular weight excluding hydrogens is 295 g/mol. The zero-order chi connectivity index (χ0) is 16.1. The van der Waals surface area contributed by atoms with Crippen molar-refractivity contribution >= 4 is 11.6 Å². The highest BCUT2D eigenvalue weighted by Gasteiger charge is 2.24. The lowest BCUT2D eigenvalue weighted by atomic mass is 10.1. The minimum Gasteiger partial charge on any atom is -0.492 e. The van der Waals surface area contributed by atoms with E-state index in [0.29, 0.717) is 30.5 Å². The summed E-state index contributed by atoms with van der Waals surface area (Å²) < 4.78 is 18.3. The number of rotatable bonds is 7. The van der Waals surface area contributed by atoms with Crippen molar-refractivity contribution in [3.63, 3.8) is 0 Å². The van der Waals surface area contributed by atoms with Gasteiger partial charge in [0.05, 0.1) is 5.56 Å². The molecule has 2 aromatic carbocycles. The largest absolute Gasteiger partial charge is 0.492 e. The Morgan fingerprint density at radius 2 is 1.87 bits per heavy atom. The zero-order valence-electron chi connectivity index (χ0n) is 12.7. The summed E-state index contributed by atoms with van der Waals surface area (Å²) in [5.41, 5.74) is 1.43. The van der Waals surface area contributed by atoms with Crippen LogP contribution in [0.1, 0.15) is 23.2 Å². The summed E-state index contributed by atoms with van der Waals surface area (Å²) in [6.45, 7) is 0.968. The second-order valence-electron chi connectivity index (χ2n) is 5.52. The van der Waals surface area contributed by atoms with E-state index in [1.807, 2.05) is 18.2 Å². The molecule has 1 amide bonds. The molecule has 2 N–H and O–H groups in total. The van der Waals surface area contributed by atoms with E-state index in [-0.39, 0.29) is 11.7 Å². The second kappa shape index (κ2) is 7.13. The Morgan fingerprint density at radius 3 is 2.61 bits per heavy atom. The Hall–Kier alpha value is -2.56. The first-order valence-corrected chi connectivity index (χ1v) is 7.74. The van der Waals surface area contributed by atoms with Crippen LogP contribution in [0.4, 0.5) is 10.1 Å². The van der Waals surface area contributed by atoms with E-state index in [1.165, 1.54) is 12.1 Å². The molecule has 5 heteroatoms. The molecule has 0 unspecified atom stereocenters. The third-order valence-electron chi connectivity index (χ3n) is 3.58. The normalized spacial score (nSPS) is 13.4. The minimum atomic E-state index is -0.286. The van der Waals surface area contributed by atoms with Crippen LogP contribution in [0.15, 0.2) is 48.5 Å². The van der Waals surface area contributed by atoms with Gasteiger partial charge in [-0.15, -0.1) is 0 Å². The van der Waals surface area contributed by atoms with Crippen LogP contribution >= 0.6 is 0 Å². The number of ether oxygens (including phenoxy) is 1. The molecule has 0 spiro atoms. The van der Waals surface area contributed by atoms with Gasteiger partial charge < -0.3 is 15.4 Å². The van der Waals surface area contributed by atoms with Crippen LogP contribution in [-0.2, 0) is 0 Å². The fourth-order valence-corrected chi connectivity index (χ4v) is 2.21. The number of hydrogen-bond acceptors (Lipinski definition) is 3. The summed E-state index contributed by atoms with van der Waals surface area (Å²) in [5.74, 6) is 0.286. The fourth-order valence-electron chi connectivity index (χ4n) is 2.21. The quantitative estimate of drug-likeness (QED) is 0.772. The van der Waals surface area contributed by atoms with E-state index >= 15 is 0 Å². The third kappa shape index (κ3) is 4.45. The standard InChI is InChI=1S/C18H19FN2O2/c19-13-5-9-15(10-6-13)23-12-11-20-17-4-2-1-3-16(17)18(22)21-14-7-8-14/h1-6,9-10,14,20H,7-8,11-12H2,(H,21,22).